The number of anilines is 1. The zero-order valence-corrected chi connectivity index (χ0v) is 12.0. The van der Waals surface area contributed by atoms with E-state index in [1.54, 1.807) is 48.5 Å². The number of benzene rings is 2. The van der Waals surface area contributed by atoms with Crippen molar-refractivity contribution < 1.29 is 4.79 Å². The van der Waals surface area contributed by atoms with Gasteiger partial charge >= 0.3 is 5.69 Å². The van der Waals surface area contributed by atoms with Crippen LogP contribution in [0.4, 0.5) is 5.69 Å². The summed E-state index contributed by atoms with van der Waals surface area (Å²) in [5, 5.41) is 7.20. The molecule has 0 spiro atoms. The Labute approximate surface area is 130 Å². The van der Waals surface area contributed by atoms with Crippen molar-refractivity contribution in [3.63, 3.8) is 0 Å². The van der Waals surface area contributed by atoms with E-state index < -0.39 is 11.6 Å². The van der Waals surface area contributed by atoms with Crippen LogP contribution in [0, 0.1) is 0 Å². The Bertz CT molecular complexity index is 853. The third-order valence-corrected chi connectivity index (χ3v) is 3.19. The number of para-hydroxylation sites is 1. The molecule has 22 heavy (non-hydrogen) atoms. The number of aromatic nitrogens is 3. The second-order valence-corrected chi connectivity index (χ2v) is 4.92. The van der Waals surface area contributed by atoms with Crippen molar-refractivity contribution in [1.82, 2.24) is 14.8 Å². The van der Waals surface area contributed by atoms with Gasteiger partial charge < -0.3 is 5.32 Å². The Morgan fingerprint density at radius 2 is 1.77 bits per heavy atom. The molecule has 0 atom stereocenters. The smallest absolute Gasteiger partial charge is 0.319 e. The number of hydrogen-bond acceptors (Lipinski definition) is 3. The zero-order valence-electron chi connectivity index (χ0n) is 11.3. The van der Waals surface area contributed by atoms with Crippen molar-refractivity contribution in [3.8, 4) is 5.69 Å². The van der Waals surface area contributed by atoms with Crippen LogP contribution in [0.15, 0.2) is 59.4 Å². The Morgan fingerprint density at radius 1 is 1.09 bits per heavy atom. The average Bonchev–Trinajstić information content (AvgIpc) is 2.91. The van der Waals surface area contributed by atoms with E-state index >= 15 is 0 Å². The summed E-state index contributed by atoms with van der Waals surface area (Å²) in [6.45, 7) is 0. The summed E-state index contributed by atoms with van der Waals surface area (Å²) in [5.41, 5.74) is 0.638. The maximum absolute atomic E-state index is 12.1. The first-order valence-corrected chi connectivity index (χ1v) is 6.83. The molecular formula is C15H11ClN4O2. The second-order valence-electron chi connectivity index (χ2n) is 4.49. The predicted octanol–water partition coefficient (Wildman–Crippen LogP) is 2.47. The number of carbonyl (C=O) groups excluding carboxylic acids is 1. The van der Waals surface area contributed by atoms with Gasteiger partial charge in [-0.05, 0) is 36.4 Å². The number of amides is 1. The molecule has 0 aliphatic rings. The fourth-order valence-electron chi connectivity index (χ4n) is 1.90. The number of hydrogen-bond donors (Lipinski definition) is 2. The molecule has 3 rings (SSSR count). The summed E-state index contributed by atoms with van der Waals surface area (Å²) >= 11 is 5.81. The van der Waals surface area contributed by atoms with Crippen molar-refractivity contribution in [2.75, 3.05) is 5.32 Å². The highest BCUT2D eigenvalue weighted by atomic mass is 35.5. The number of carbonyl (C=O) groups is 1. The second kappa shape index (κ2) is 5.87. The van der Waals surface area contributed by atoms with Crippen LogP contribution < -0.4 is 11.0 Å². The van der Waals surface area contributed by atoms with Crippen LogP contribution >= 0.6 is 11.6 Å². The van der Waals surface area contributed by atoms with Gasteiger partial charge in [0.25, 0.3) is 5.91 Å². The van der Waals surface area contributed by atoms with Gasteiger partial charge in [0.15, 0.2) is 0 Å². The molecule has 2 aromatic carbocycles. The molecule has 0 saturated carbocycles. The predicted molar refractivity (Wildman–Crippen MR) is 83.6 cm³/mol. The van der Waals surface area contributed by atoms with Gasteiger partial charge in [-0.15, -0.1) is 5.10 Å². The standard InChI is InChI=1S/C15H11ClN4O2/c16-10-6-8-12(9-7-10)20-15(22)18-13(19-20)14(21)17-11-4-2-1-3-5-11/h1-9H,(H,17,21)(H,18,19,22). The molecule has 3 aromatic rings. The topological polar surface area (TPSA) is 79.8 Å². The number of halogens is 1. The number of H-pyrrole nitrogens is 1. The van der Waals surface area contributed by atoms with Gasteiger partial charge in [0.05, 0.1) is 5.69 Å². The normalized spacial score (nSPS) is 10.4. The minimum Gasteiger partial charge on any atom is -0.319 e. The van der Waals surface area contributed by atoms with E-state index in [0.29, 0.717) is 16.4 Å². The third-order valence-electron chi connectivity index (χ3n) is 2.94. The first-order valence-electron chi connectivity index (χ1n) is 6.45. The summed E-state index contributed by atoms with van der Waals surface area (Å²) in [6, 6.07) is 15.5. The molecule has 1 amide bonds. The molecule has 110 valence electrons. The quantitative estimate of drug-likeness (QED) is 0.779. The zero-order chi connectivity index (χ0) is 15.5. The van der Waals surface area contributed by atoms with E-state index in [1.165, 1.54) is 0 Å². The molecular weight excluding hydrogens is 304 g/mol. The van der Waals surface area contributed by atoms with Crippen LogP contribution in [0.5, 0.6) is 0 Å². The maximum atomic E-state index is 12.1. The van der Waals surface area contributed by atoms with Crippen LogP contribution in [-0.2, 0) is 0 Å². The SMILES string of the molecule is O=C(Nc1ccccc1)c1nn(-c2ccc(Cl)cc2)c(=O)[nH]1. The number of nitrogens with zero attached hydrogens (tertiary/aromatic N) is 2. The lowest BCUT2D eigenvalue weighted by Gasteiger charge is -2.01. The van der Waals surface area contributed by atoms with Gasteiger partial charge in [-0.1, -0.05) is 29.8 Å². The van der Waals surface area contributed by atoms with Gasteiger partial charge in [-0.3, -0.25) is 9.78 Å². The lowest BCUT2D eigenvalue weighted by atomic mass is 10.3. The first-order chi connectivity index (χ1) is 10.6. The number of nitrogens with one attached hydrogen (secondary N) is 2. The van der Waals surface area contributed by atoms with E-state index in [-0.39, 0.29) is 5.82 Å². The highest BCUT2D eigenvalue weighted by Gasteiger charge is 2.14. The van der Waals surface area contributed by atoms with Gasteiger partial charge in [0.1, 0.15) is 0 Å². The van der Waals surface area contributed by atoms with Gasteiger partial charge in [-0.2, -0.15) is 4.68 Å². The summed E-state index contributed by atoms with van der Waals surface area (Å²) in [7, 11) is 0. The molecule has 0 bridgehead atoms. The minimum atomic E-state index is -0.500. The number of rotatable bonds is 3. The Balaban J connectivity index is 1.87. The average molecular weight is 315 g/mol. The molecule has 0 radical (unpaired) electrons. The Kier molecular flexibility index (Phi) is 3.76. The summed E-state index contributed by atoms with van der Waals surface area (Å²) < 4.78 is 1.11. The molecule has 0 aliphatic heterocycles. The first kappa shape index (κ1) is 14.1. The fourth-order valence-corrected chi connectivity index (χ4v) is 2.02. The van der Waals surface area contributed by atoms with Crippen LogP contribution in [-0.4, -0.2) is 20.7 Å². The molecule has 1 aromatic heterocycles. The van der Waals surface area contributed by atoms with E-state index in [4.69, 9.17) is 11.6 Å². The van der Waals surface area contributed by atoms with E-state index in [0.717, 1.165) is 4.68 Å². The fraction of sp³-hybridized carbons (Fsp3) is 0. The van der Waals surface area contributed by atoms with E-state index in [9.17, 15) is 9.59 Å². The van der Waals surface area contributed by atoms with Gasteiger partial charge in [-0.25, -0.2) is 4.79 Å². The largest absolute Gasteiger partial charge is 0.348 e. The maximum Gasteiger partial charge on any atom is 0.348 e. The van der Waals surface area contributed by atoms with Crippen molar-refractivity contribution in [2.24, 2.45) is 0 Å². The molecule has 6 nitrogen and oxygen atoms in total. The number of aromatic amines is 1. The summed E-state index contributed by atoms with van der Waals surface area (Å²) in [5.74, 6) is -0.556. The molecule has 0 aliphatic carbocycles. The Hall–Kier alpha value is -2.86. The molecule has 1 heterocycles. The molecule has 2 N–H and O–H groups in total. The Morgan fingerprint density at radius 3 is 2.45 bits per heavy atom. The van der Waals surface area contributed by atoms with E-state index in [2.05, 4.69) is 15.4 Å². The van der Waals surface area contributed by atoms with Crippen molar-refractivity contribution in [3.05, 3.63) is 75.9 Å². The van der Waals surface area contributed by atoms with Crippen LogP contribution in [0.2, 0.25) is 5.02 Å². The van der Waals surface area contributed by atoms with Gasteiger partial charge in [0, 0.05) is 10.7 Å². The molecule has 0 fully saturated rings. The van der Waals surface area contributed by atoms with Crippen LogP contribution in [0.1, 0.15) is 10.6 Å². The van der Waals surface area contributed by atoms with Crippen molar-refractivity contribution >= 4 is 23.2 Å². The minimum absolute atomic E-state index is 0.0659. The van der Waals surface area contributed by atoms with Crippen molar-refractivity contribution in [1.29, 1.82) is 0 Å². The molecule has 0 unspecified atom stereocenters. The third kappa shape index (κ3) is 2.91. The van der Waals surface area contributed by atoms with Gasteiger partial charge in [0.2, 0.25) is 5.82 Å². The van der Waals surface area contributed by atoms with E-state index in [1.807, 2.05) is 6.07 Å². The highest BCUT2D eigenvalue weighted by molar-refractivity contribution is 6.30. The highest BCUT2D eigenvalue weighted by Crippen LogP contribution is 2.11. The molecule has 0 saturated heterocycles. The van der Waals surface area contributed by atoms with Crippen molar-refractivity contribution in [2.45, 2.75) is 0 Å². The lowest BCUT2D eigenvalue weighted by molar-refractivity contribution is 0.101. The summed E-state index contributed by atoms with van der Waals surface area (Å²) in [4.78, 5) is 26.4. The lowest BCUT2D eigenvalue weighted by Crippen LogP contribution is -2.15. The molecule has 7 heteroatoms. The van der Waals surface area contributed by atoms with Crippen LogP contribution in [0.25, 0.3) is 5.69 Å². The van der Waals surface area contributed by atoms with Crippen LogP contribution in [0.3, 0.4) is 0 Å². The monoisotopic (exact) mass is 314 g/mol. The summed E-state index contributed by atoms with van der Waals surface area (Å²) in [6.07, 6.45) is 0.